The summed E-state index contributed by atoms with van der Waals surface area (Å²) in [5.74, 6) is 2.10. The van der Waals surface area contributed by atoms with E-state index < -0.39 is 10.8 Å². The first-order chi connectivity index (χ1) is 13.0. The number of oxazole rings is 1. The Labute approximate surface area is 161 Å². The van der Waals surface area contributed by atoms with Crippen LogP contribution in [0.2, 0.25) is 0 Å². The molecule has 2 aromatic rings. The number of carbonyl (C=O) groups excluding carboxylic acids is 1. The Morgan fingerprint density at radius 2 is 2.00 bits per heavy atom. The van der Waals surface area contributed by atoms with Gasteiger partial charge in [-0.3, -0.25) is 9.00 Å². The van der Waals surface area contributed by atoms with Crippen molar-refractivity contribution < 1.29 is 22.9 Å². The Bertz CT molecular complexity index is 803. The van der Waals surface area contributed by atoms with Crippen LogP contribution in [0.25, 0.3) is 11.5 Å². The molecule has 0 spiro atoms. The van der Waals surface area contributed by atoms with E-state index in [0.717, 1.165) is 18.4 Å². The molecule has 1 aromatic heterocycles. The zero-order valence-electron chi connectivity index (χ0n) is 16.2. The van der Waals surface area contributed by atoms with Crippen LogP contribution in [0.3, 0.4) is 0 Å². The summed E-state index contributed by atoms with van der Waals surface area (Å²) >= 11 is 0. The van der Waals surface area contributed by atoms with Crippen molar-refractivity contribution in [1.29, 1.82) is 0 Å². The molecule has 0 aliphatic carbocycles. The van der Waals surface area contributed by atoms with E-state index in [9.17, 15) is 9.00 Å². The van der Waals surface area contributed by atoms with Crippen molar-refractivity contribution in [2.24, 2.45) is 0 Å². The summed E-state index contributed by atoms with van der Waals surface area (Å²) in [6.45, 7) is 4.43. The van der Waals surface area contributed by atoms with Crippen LogP contribution in [0.4, 0.5) is 0 Å². The third-order valence-electron chi connectivity index (χ3n) is 3.97. The van der Waals surface area contributed by atoms with Crippen LogP contribution in [0.15, 0.2) is 22.6 Å². The minimum atomic E-state index is -1.35. The third-order valence-corrected chi connectivity index (χ3v) is 5.15. The van der Waals surface area contributed by atoms with E-state index in [1.807, 2.05) is 13.0 Å². The average molecular weight is 394 g/mol. The number of ether oxygens (including phenoxy) is 2. The molecule has 1 atom stereocenters. The van der Waals surface area contributed by atoms with E-state index in [-0.39, 0.29) is 17.4 Å². The number of hydrogen-bond acceptors (Lipinski definition) is 6. The van der Waals surface area contributed by atoms with E-state index in [4.69, 9.17) is 13.9 Å². The van der Waals surface area contributed by atoms with Crippen molar-refractivity contribution in [2.75, 3.05) is 26.5 Å². The fourth-order valence-corrected chi connectivity index (χ4v) is 3.53. The van der Waals surface area contributed by atoms with Crippen LogP contribution in [0.1, 0.15) is 31.2 Å². The molecule has 27 heavy (non-hydrogen) atoms. The molecule has 1 heterocycles. The zero-order chi connectivity index (χ0) is 19.8. The lowest BCUT2D eigenvalue weighted by Gasteiger charge is -2.07. The number of nitrogens with one attached hydrogen (secondary N) is 1. The van der Waals surface area contributed by atoms with Gasteiger partial charge < -0.3 is 19.2 Å². The molecule has 1 amide bonds. The number of carbonyl (C=O) groups is 1. The normalized spacial score (nSPS) is 11.9. The topological polar surface area (TPSA) is 90.7 Å². The fourth-order valence-electron chi connectivity index (χ4n) is 2.46. The highest BCUT2D eigenvalue weighted by Gasteiger charge is 2.17. The van der Waals surface area contributed by atoms with Crippen LogP contribution < -0.4 is 14.8 Å². The van der Waals surface area contributed by atoms with Crippen LogP contribution in [0.5, 0.6) is 11.5 Å². The number of nitrogens with zero attached hydrogens (tertiary/aromatic N) is 1. The van der Waals surface area contributed by atoms with Gasteiger partial charge in [-0.15, -0.1) is 0 Å². The average Bonchev–Trinajstić information content (AvgIpc) is 3.01. The zero-order valence-corrected chi connectivity index (χ0v) is 17.0. The summed E-state index contributed by atoms with van der Waals surface area (Å²) in [5, 5.41) is 2.77. The van der Waals surface area contributed by atoms with Gasteiger partial charge in [-0.05, 0) is 31.5 Å². The van der Waals surface area contributed by atoms with E-state index in [2.05, 4.69) is 10.3 Å². The van der Waals surface area contributed by atoms with Crippen molar-refractivity contribution in [3.8, 4) is 23.0 Å². The number of aromatic nitrogens is 1. The van der Waals surface area contributed by atoms with Crippen LogP contribution >= 0.6 is 0 Å². The number of unbranched alkanes of at least 4 members (excludes halogenated alkanes) is 1. The Morgan fingerprint density at radius 1 is 1.26 bits per heavy atom. The predicted octanol–water partition coefficient (Wildman–Crippen LogP) is 2.83. The van der Waals surface area contributed by atoms with Gasteiger partial charge in [-0.25, -0.2) is 4.98 Å². The molecular formula is C19H26N2O5S. The summed E-state index contributed by atoms with van der Waals surface area (Å²) in [6.07, 6.45) is 1.91. The molecule has 0 radical (unpaired) electrons. The van der Waals surface area contributed by atoms with Crippen molar-refractivity contribution >= 4 is 16.7 Å². The van der Waals surface area contributed by atoms with Crippen LogP contribution in [0, 0.1) is 6.92 Å². The number of aryl methyl sites for hydroxylation is 1. The fraction of sp³-hybridized carbons (Fsp3) is 0.474. The highest BCUT2D eigenvalue weighted by atomic mass is 32.2. The predicted molar refractivity (Wildman–Crippen MR) is 104 cm³/mol. The molecule has 0 unspecified atom stereocenters. The molecule has 1 aromatic carbocycles. The summed E-state index contributed by atoms with van der Waals surface area (Å²) in [6, 6.07) is 5.35. The van der Waals surface area contributed by atoms with Gasteiger partial charge in [0, 0.05) is 22.9 Å². The van der Waals surface area contributed by atoms with Gasteiger partial charge in [0.05, 0.1) is 25.7 Å². The lowest BCUT2D eigenvalue weighted by molar-refractivity contribution is -0.118. The molecule has 0 fully saturated rings. The van der Waals surface area contributed by atoms with Crippen molar-refractivity contribution in [3.05, 3.63) is 29.7 Å². The largest absolute Gasteiger partial charge is 0.493 e. The number of methoxy groups -OCH3 is 2. The van der Waals surface area contributed by atoms with Gasteiger partial charge in [-0.2, -0.15) is 0 Å². The molecule has 0 aliphatic rings. The highest BCUT2D eigenvalue weighted by Crippen LogP contribution is 2.32. The smallest absolute Gasteiger partial charge is 0.232 e. The molecular weight excluding hydrogens is 368 g/mol. The second-order valence-corrected chi connectivity index (χ2v) is 7.48. The molecule has 8 heteroatoms. The monoisotopic (exact) mass is 394 g/mol. The lowest BCUT2D eigenvalue weighted by Crippen LogP contribution is -2.29. The number of rotatable bonds is 10. The van der Waals surface area contributed by atoms with Gasteiger partial charge in [-0.1, -0.05) is 13.3 Å². The first kappa shape index (κ1) is 21.0. The standard InChI is InChI=1S/C19H26N2O5S/c1-5-6-9-20-18(22)12-27(23)11-15-13(2)26-19(21-15)14-7-8-16(24-3)17(10-14)25-4/h7-8,10H,5-6,9,11-12H2,1-4H3,(H,20,22)/t27-/m0/s1. The third kappa shape index (κ3) is 5.82. The maximum Gasteiger partial charge on any atom is 0.232 e. The second-order valence-electron chi connectivity index (χ2n) is 6.02. The summed E-state index contributed by atoms with van der Waals surface area (Å²) in [4.78, 5) is 16.2. The van der Waals surface area contributed by atoms with Gasteiger partial charge in [0.15, 0.2) is 11.5 Å². The van der Waals surface area contributed by atoms with Crippen LogP contribution in [-0.4, -0.2) is 41.6 Å². The van der Waals surface area contributed by atoms with Crippen LogP contribution in [-0.2, 0) is 21.3 Å². The van der Waals surface area contributed by atoms with Gasteiger partial charge in [0.1, 0.15) is 11.5 Å². The molecule has 0 saturated carbocycles. The Hall–Kier alpha value is -2.35. The maximum absolute atomic E-state index is 12.3. The molecule has 1 N–H and O–H groups in total. The SMILES string of the molecule is CCCCNC(=O)C[S@@](=O)Cc1nc(-c2ccc(OC)c(OC)c2)oc1C. The molecule has 7 nitrogen and oxygen atoms in total. The van der Waals surface area contributed by atoms with Gasteiger partial charge in [0.2, 0.25) is 11.8 Å². The molecule has 0 aliphatic heterocycles. The van der Waals surface area contributed by atoms with Crippen molar-refractivity contribution in [2.45, 2.75) is 32.4 Å². The van der Waals surface area contributed by atoms with Gasteiger partial charge in [0.25, 0.3) is 0 Å². The van der Waals surface area contributed by atoms with Crippen molar-refractivity contribution in [3.63, 3.8) is 0 Å². The molecule has 2 rings (SSSR count). The second kappa shape index (κ2) is 10.1. The highest BCUT2D eigenvalue weighted by molar-refractivity contribution is 7.84. The molecule has 0 saturated heterocycles. The first-order valence-electron chi connectivity index (χ1n) is 8.78. The summed E-state index contributed by atoms with van der Waals surface area (Å²) < 4.78 is 28.5. The number of hydrogen-bond donors (Lipinski definition) is 1. The van der Waals surface area contributed by atoms with E-state index >= 15 is 0 Å². The van der Waals surface area contributed by atoms with E-state index in [1.165, 1.54) is 0 Å². The van der Waals surface area contributed by atoms with Crippen molar-refractivity contribution in [1.82, 2.24) is 10.3 Å². The van der Waals surface area contributed by atoms with E-state index in [0.29, 0.717) is 35.4 Å². The minimum Gasteiger partial charge on any atom is -0.493 e. The van der Waals surface area contributed by atoms with Gasteiger partial charge >= 0.3 is 0 Å². The summed E-state index contributed by atoms with van der Waals surface area (Å²) in [5.41, 5.74) is 1.31. The first-order valence-corrected chi connectivity index (χ1v) is 10.3. The Kier molecular flexibility index (Phi) is 7.84. The summed E-state index contributed by atoms with van der Waals surface area (Å²) in [7, 11) is 1.78. The molecule has 148 valence electrons. The number of benzene rings is 1. The maximum atomic E-state index is 12.3. The lowest BCUT2D eigenvalue weighted by atomic mass is 10.2. The molecule has 0 bridgehead atoms. The Balaban J connectivity index is 2.06. The van der Waals surface area contributed by atoms with E-state index in [1.54, 1.807) is 33.3 Å². The Morgan fingerprint density at radius 3 is 2.67 bits per heavy atom. The number of amides is 1. The minimum absolute atomic E-state index is 0.0400. The quantitative estimate of drug-likeness (QED) is 0.623.